The lowest BCUT2D eigenvalue weighted by Gasteiger charge is -2.19. The molecule has 1 fully saturated rings. The van der Waals surface area contributed by atoms with Crippen molar-refractivity contribution in [2.45, 2.75) is 37.7 Å². The summed E-state index contributed by atoms with van der Waals surface area (Å²) in [4.78, 5) is 24.2. The first-order chi connectivity index (χ1) is 16.0. The maximum absolute atomic E-state index is 11.7. The molecule has 8 heteroatoms. The highest BCUT2D eigenvalue weighted by atomic mass is 35.5. The number of rotatable bonds is 3. The lowest BCUT2D eigenvalue weighted by Crippen LogP contribution is -2.20. The van der Waals surface area contributed by atoms with Gasteiger partial charge in [0, 0.05) is 35.7 Å². The predicted molar refractivity (Wildman–Crippen MR) is 123 cm³/mol. The van der Waals surface area contributed by atoms with E-state index in [0.717, 1.165) is 33.7 Å². The fourth-order valence-electron chi connectivity index (χ4n) is 5.04. The van der Waals surface area contributed by atoms with Crippen molar-refractivity contribution in [3.8, 4) is 17.2 Å². The number of aromatic amines is 1. The number of aryl methyl sites for hydroxylation is 1. The van der Waals surface area contributed by atoms with E-state index < -0.39 is 0 Å². The topological polar surface area (TPSA) is 89.1 Å². The maximum atomic E-state index is 11.7. The average Bonchev–Trinajstić information content (AvgIpc) is 3.15. The Hall–Kier alpha value is -3.58. The number of fused-ring (bicyclic) bond motifs is 5. The number of nitrogens with zero attached hydrogens (tertiary/aromatic N) is 2. The van der Waals surface area contributed by atoms with Crippen molar-refractivity contribution < 1.29 is 14.3 Å². The second kappa shape index (κ2) is 6.71. The van der Waals surface area contributed by atoms with Crippen molar-refractivity contribution in [1.82, 2.24) is 15.0 Å². The summed E-state index contributed by atoms with van der Waals surface area (Å²) in [6.07, 6.45) is 2.66. The van der Waals surface area contributed by atoms with Crippen LogP contribution in [0.5, 0.6) is 17.2 Å². The highest BCUT2D eigenvalue weighted by molar-refractivity contribution is 6.32. The molecule has 1 saturated carbocycles. The number of halogens is 1. The van der Waals surface area contributed by atoms with Crippen LogP contribution in [0.3, 0.4) is 0 Å². The van der Waals surface area contributed by atoms with E-state index >= 15 is 0 Å². The van der Waals surface area contributed by atoms with E-state index in [1.54, 1.807) is 12.3 Å². The minimum absolute atomic E-state index is 0.0357. The van der Waals surface area contributed by atoms with E-state index in [0.29, 0.717) is 35.2 Å². The zero-order chi connectivity index (χ0) is 22.3. The number of benzene rings is 2. The van der Waals surface area contributed by atoms with Gasteiger partial charge in [0.15, 0.2) is 0 Å². The molecule has 7 rings (SSSR count). The van der Waals surface area contributed by atoms with Gasteiger partial charge in [-0.1, -0.05) is 17.7 Å². The van der Waals surface area contributed by atoms with Crippen molar-refractivity contribution in [2.24, 2.45) is 0 Å². The van der Waals surface area contributed by atoms with Gasteiger partial charge in [0.05, 0.1) is 22.0 Å². The van der Waals surface area contributed by atoms with Crippen molar-refractivity contribution in [1.29, 1.82) is 0 Å². The lowest BCUT2D eigenvalue weighted by atomic mass is 10.1. The Bertz CT molecular complexity index is 1480. The number of ether oxygens (including phenoxy) is 2. The van der Waals surface area contributed by atoms with E-state index in [-0.39, 0.29) is 23.8 Å². The highest BCUT2D eigenvalue weighted by Crippen LogP contribution is 2.64. The van der Waals surface area contributed by atoms with Crippen LogP contribution < -0.4 is 14.8 Å². The van der Waals surface area contributed by atoms with Gasteiger partial charge < -0.3 is 19.8 Å². The van der Waals surface area contributed by atoms with Gasteiger partial charge in [-0.05, 0) is 43.2 Å². The molecule has 3 atom stereocenters. The monoisotopic (exact) mass is 458 g/mol. The largest absolute Gasteiger partial charge is 0.489 e. The summed E-state index contributed by atoms with van der Waals surface area (Å²) < 4.78 is 12.4. The number of amides is 1. The van der Waals surface area contributed by atoms with Crippen LogP contribution in [0, 0.1) is 6.92 Å². The van der Waals surface area contributed by atoms with Crippen LogP contribution in [0.4, 0.5) is 5.82 Å². The van der Waals surface area contributed by atoms with Crippen LogP contribution in [0.1, 0.15) is 40.8 Å². The number of hydrogen-bond acceptors (Lipinski definition) is 5. The molecule has 4 aromatic rings. The fraction of sp³-hybridized carbons (Fsp3) is 0.240. The number of anilines is 1. The second-order valence-electron chi connectivity index (χ2n) is 8.88. The van der Waals surface area contributed by atoms with E-state index in [4.69, 9.17) is 26.1 Å². The summed E-state index contributed by atoms with van der Waals surface area (Å²) in [6, 6.07) is 11.8. The Morgan fingerprint density at radius 1 is 1.12 bits per heavy atom. The Kier molecular flexibility index (Phi) is 3.85. The summed E-state index contributed by atoms with van der Waals surface area (Å²) in [5, 5.41) is 3.28. The molecule has 4 heterocycles. The van der Waals surface area contributed by atoms with Gasteiger partial charge in [0.1, 0.15) is 35.0 Å². The van der Waals surface area contributed by atoms with Crippen molar-refractivity contribution >= 4 is 34.4 Å². The highest BCUT2D eigenvalue weighted by Gasteiger charge is 2.61. The molecular weight excluding hydrogens is 440 g/mol. The normalized spacial score (nSPS) is 22.2. The molecule has 7 nitrogen and oxygen atoms in total. The van der Waals surface area contributed by atoms with Gasteiger partial charge in [-0.2, -0.15) is 0 Å². The van der Waals surface area contributed by atoms with E-state index in [9.17, 15) is 4.79 Å². The number of hydrogen-bond donors (Lipinski definition) is 2. The molecule has 0 radical (unpaired) electrons. The third kappa shape index (κ3) is 2.92. The first kappa shape index (κ1) is 18.9. The minimum atomic E-state index is -0.0357. The Morgan fingerprint density at radius 3 is 2.94 bits per heavy atom. The van der Waals surface area contributed by atoms with Crippen LogP contribution in [0.15, 0.2) is 42.6 Å². The fourth-order valence-corrected chi connectivity index (χ4v) is 5.23. The van der Waals surface area contributed by atoms with Crippen molar-refractivity contribution in [3.63, 3.8) is 0 Å². The van der Waals surface area contributed by atoms with Crippen LogP contribution in [-0.4, -0.2) is 27.0 Å². The molecule has 2 aromatic heterocycles. The minimum Gasteiger partial charge on any atom is -0.489 e. The number of imidazole rings is 1. The molecule has 0 saturated heterocycles. The van der Waals surface area contributed by atoms with Gasteiger partial charge >= 0.3 is 0 Å². The number of carbonyl (C=O) groups is 1. The predicted octanol–water partition coefficient (Wildman–Crippen LogP) is 5.24. The molecule has 3 aliphatic rings. The quantitative estimate of drug-likeness (QED) is 0.438. The summed E-state index contributed by atoms with van der Waals surface area (Å²) in [5.41, 5.74) is 5.17. The molecule has 164 valence electrons. The molecule has 1 amide bonds. The molecule has 33 heavy (non-hydrogen) atoms. The Labute approximate surface area is 194 Å². The van der Waals surface area contributed by atoms with Gasteiger partial charge in [-0.15, -0.1) is 0 Å². The summed E-state index contributed by atoms with van der Waals surface area (Å²) in [6.45, 7) is 2.07. The first-order valence-electron chi connectivity index (χ1n) is 11.0. The van der Waals surface area contributed by atoms with Crippen LogP contribution >= 0.6 is 11.6 Å². The van der Waals surface area contributed by atoms with Gasteiger partial charge in [-0.25, -0.2) is 9.97 Å². The van der Waals surface area contributed by atoms with Crippen LogP contribution in [-0.2, 0) is 11.2 Å². The SMILES string of the molecule is Cc1ccc2nc(C3C4Oc5cc(Cl)c(Oc6ccnc7c6CCC(=O)N7)cc5C43)[nH]c2c1. The lowest BCUT2D eigenvalue weighted by molar-refractivity contribution is -0.116. The number of H-pyrrole nitrogens is 1. The van der Waals surface area contributed by atoms with Crippen molar-refractivity contribution in [2.75, 3.05) is 5.32 Å². The summed E-state index contributed by atoms with van der Waals surface area (Å²) in [7, 11) is 0. The van der Waals surface area contributed by atoms with Crippen LogP contribution in [0.25, 0.3) is 11.0 Å². The molecular formula is C25H19ClN4O3. The van der Waals surface area contributed by atoms with E-state index in [1.807, 2.05) is 18.2 Å². The molecule has 2 N–H and O–H groups in total. The molecule has 0 spiro atoms. The molecule has 2 aliphatic heterocycles. The Morgan fingerprint density at radius 2 is 2.03 bits per heavy atom. The van der Waals surface area contributed by atoms with Gasteiger partial charge in [-0.3, -0.25) is 4.79 Å². The van der Waals surface area contributed by atoms with Gasteiger partial charge in [0.2, 0.25) is 5.91 Å². The standard InChI is InChI=1S/C25H19ClN4O3/c1-11-2-4-15-16(8-11)29-25(28-15)22-21-13-9-19(14(26)10-18(13)33-23(21)22)32-17-6-7-27-24-12(17)3-5-20(31)30-24/h2,4,6-10,21-23H,3,5H2,1H3,(H,28,29)(H,27,30,31). The molecule has 1 aliphatic carbocycles. The number of nitrogens with one attached hydrogen (secondary N) is 2. The summed E-state index contributed by atoms with van der Waals surface area (Å²) in [5.74, 6) is 3.88. The zero-order valence-corrected chi connectivity index (χ0v) is 18.4. The molecule has 0 bridgehead atoms. The number of pyridine rings is 1. The summed E-state index contributed by atoms with van der Waals surface area (Å²) >= 11 is 6.54. The van der Waals surface area contributed by atoms with Crippen LogP contribution in [0.2, 0.25) is 5.02 Å². The van der Waals surface area contributed by atoms with E-state index in [2.05, 4.69) is 34.3 Å². The molecule has 2 aromatic carbocycles. The zero-order valence-electron chi connectivity index (χ0n) is 17.7. The first-order valence-corrected chi connectivity index (χ1v) is 11.3. The second-order valence-corrected chi connectivity index (χ2v) is 9.29. The number of aromatic nitrogens is 3. The smallest absolute Gasteiger partial charge is 0.225 e. The Balaban J connectivity index is 1.20. The average molecular weight is 459 g/mol. The molecule has 3 unspecified atom stereocenters. The van der Waals surface area contributed by atoms with Crippen molar-refractivity contribution in [3.05, 3.63) is 70.1 Å². The maximum Gasteiger partial charge on any atom is 0.225 e. The third-order valence-electron chi connectivity index (χ3n) is 6.70. The third-order valence-corrected chi connectivity index (χ3v) is 7.00. The number of carbonyl (C=O) groups excluding carboxylic acids is 1. The van der Waals surface area contributed by atoms with Gasteiger partial charge in [0.25, 0.3) is 0 Å². The van der Waals surface area contributed by atoms with E-state index in [1.165, 1.54) is 5.56 Å².